The van der Waals surface area contributed by atoms with E-state index < -0.39 is 11.9 Å². The number of nitrogens with one attached hydrogen (secondary N) is 1. The van der Waals surface area contributed by atoms with E-state index in [4.69, 9.17) is 10.00 Å². The van der Waals surface area contributed by atoms with Crippen molar-refractivity contribution in [1.82, 2.24) is 0 Å². The lowest BCUT2D eigenvalue weighted by atomic mass is 10.1. The minimum atomic E-state index is -0.569. The molecule has 0 fully saturated rings. The molecule has 1 amide bonds. The van der Waals surface area contributed by atoms with Crippen LogP contribution in [0.5, 0.6) is 0 Å². The SMILES string of the molecule is Cc1ccc(/C=C/C(=O)OCC(=O)Nc2ccc(CC#N)cc2)s1. The Hall–Kier alpha value is -2.91. The van der Waals surface area contributed by atoms with E-state index in [2.05, 4.69) is 11.4 Å². The van der Waals surface area contributed by atoms with Gasteiger partial charge in [0, 0.05) is 21.5 Å². The molecule has 2 aromatic rings. The van der Waals surface area contributed by atoms with Crippen LogP contribution in [-0.4, -0.2) is 18.5 Å². The van der Waals surface area contributed by atoms with Gasteiger partial charge in [0.25, 0.3) is 5.91 Å². The number of esters is 1. The summed E-state index contributed by atoms with van der Waals surface area (Å²) in [5, 5.41) is 11.2. The third-order valence-corrected chi connectivity index (χ3v) is 3.98. The van der Waals surface area contributed by atoms with Gasteiger partial charge in [-0.15, -0.1) is 11.3 Å². The van der Waals surface area contributed by atoms with Gasteiger partial charge in [-0.3, -0.25) is 4.79 Å². The van der Waals surface area contributed by atoms with Crippen LogP contribution in [0.2, 0.25) is 0 Å². The fourth-order valence-electron chi connectivity index (χ4n) is 1.87. The molecule has 0 aliphatic carbocycles. The quantitative estimate of drug-likeness (QED) is 0.646. The molecule has 0 saturated heterocycles. The Kier molecular flexibility index (Phi) is 6.29. The second kappa shape index (κ2) is 8.65. The zero-order valence-corrected chi connectivity index (χ0v) is 13.9. The monoisotopic (exact) mass is 340 g/mol. The van der Waals surface area contributed by atoms with Crippen LogP contribution in [0.3, 0.4) is 0 Å². The molecule has 0 radical (unpaired) electrons. The summed E-state index contributed by atoms with van der Waals surface area (Å²) in [6.07, 6.45) is 3.28. The second-order valence-electron chi connectivity index (χ2n) is 4.97. The maximum atomic E-state index is 11.7. The Morgan fingerprint density at radius 3 is 2.62 bits per heavy atom. The van der Waals surface area contributed by atoms with Crippen LogP contribution in [0.25, 0.3) is 6.08 Å². The molecule has 122 valence electrons. The summed E-state index contributed by atoms with van der Waals surface area (Å²) in [6, 6.07) is 12.8. The normalized spacial score (nSPS) is 10.3. The highest BCUT2D eigenvalue weighted by Crippen LogP contribution is 2.16. The van der Waals surface area contributed by atoms with Crippen molar-refractivity contribution in [3.8, 4) is 6.07 Å². The Labute approximate surface area is 144 Å². The molecular weight excluding hydrogens is 324 g/mol. The minimum Gasteiger partial charge on any atom is -0.452 e. The molecule has 1 aromatic heterocycles. The molecule has 5 nitrogen and oxygen atoms in total. The number of thiophene rings is 1. The first-order valence-corrected chi connectivity index (χ1v) is 8.05. The van der Waals surface area contributed by atoms with E-state index in [1.165, 1.54) is 6.08 Å². The summed E-state index contributed by atoms with van der Waals surface area (Å²) >= 11 is 1.57. The van der Waals surface area contributed by atoms with Crippen molar-refractivity contribution >= 4 is 35.0 Å². The average molecular weight is 340 g/mol. The first kappa shape index (κ1) is 17.4. The van der Waals surface area contributed by atoms with E-state index >= 15 is 0 Å². The number of rotatable bonds is 6. The van der Waals surface area contributed by atoms with Crippen LogP contribution in [0.15, 0.2) is 42.5 Å². The number of anilines is 1. The molecule has 0 unspecified atom stereocenters. The van der Waals surface area contributed by atoms with Gasteiger partial charge in [-0.1, -0.05) is 12.1 Å². The summed E-state index contributed by atoms with van der Waals surface area (Å²) in [6.45, 7) is 1.63. The molecule has 1 aromatic carbocycles. The highest BCUT2D eigenvalue weighted by molar-refractivity contribution is 7.12. The van der Waals surface area contributed by atoms with Crippen molar-refractivity contribution < 1.29 is 14.3 Å². The van der Waals surface area contributed by atoms with Gasteiger partial charge < -0.3 is 10.1 Å². The smallest absolute Gasteiger partial charge is 0.331 e. The van der Waals surface area contributed by atoms with Gasteiger partial charge in [0.2, 0.25) is 0 Å². The second-order valence-corrected chi connectivity index (χ2v) is 6.29. The molecule has 0 aliphatic heterocycles. The fourth-order valence-corrected chi connectivity index (χ4v) is 2.65. The molecule has 0 aliphatic rings. The number of aryl methyl sites for hydroxylation is 1. The van der Waals surface area contributed by atoms with Gasteiger partial charge in [0.15, 0.2) is 6.61 Å². The maximum absolute atomic E-state index is 11.7. The fraction of sp³-hybridized carbons (Fsp3) is 0.167. The summed E-state index contributed by atoms with van der Waals surface area (Å²) in [5.74, 6) is -0.989. The number of amides is 1. The van der Waals surface area contributed by atoms with Crippen LogP contribution < -0.4 is 5.32 Å². The first-order valence-electron chi connectivity index (χ1n) is 7.24. The van der Waals surface area contributed by atoms with Gasteiger partial charge in [0.1, 0.15) is 0 Å². The molecule has 0 bridgehead atoms. The van der Waals surface area contributed by atoms with Gasteiger partial charge in [-0.2, -0.15) is 5.26 Å². The van der Waals surface area contributed by atoms with Crippen molar-refractivity contribution in [2.45, 2.75) is 13.3 Å². The molecule has 1 heterocycles. The number of nitriles is 1. The number of carbonyl (C=O) groups is 2. The molecule has 0 saturated carbocycles. The van der Waals surface area contributed by atoms with Crippen molar-refractivity contribution in [2.24, 2.45) is 0 Å². The third kappa shape index (κ3) is 5.71. The van der Waals surface area contributed by atoms with E-state index in [1.807, 2.05) is 19.1 Å². The predicted molar refractivity (Wildman–Crippen MR) is 93.4 cm³/mol. The lowest BCUT2D eigenvalue weighted by Crippen LogP contribution is -2.20. The predicted octanol–water partition coefficient (Wildman–Crippen LogP) is 3.32. The lowest BCUT2D eigenvalue weighted by molar-refractivity contribution is -0.142. The summed E-state index contributed by atoms with van der Waals surface area (Å²) in [4.78, 5) is 25.4. The van der Waals surface area contributed by atoms with Crippen LogP contribution in [0, 0.1) is 18.3 Å². The van der Waals surface area contributed by atoms with Crippen molar-refractivity contribution in [3.63, 3.8) is 0 Å². The van der Waals surface area contributed by atoms with Crippen LogP contribution in [-0.2, 0) is 20.7 Å². The molecule has 0 spiro atoms. The molecule has 1 N–H and O–H groups in total. The molecule has 24 heavy (non-hydrogen) atoms. The van der Waals surface area contributed by atoms with Crippen LogP contribution >= 0.6 is 11.3 Å². The van der Waals surface area contributed by atoms with E-state index in [-0.39, 0.29) is 6.61 Å². The maximum Gasteiger partial charge on any atom is 0.331 e. The van der Waals surface area contributed by atoms with Gasteiger partial charge >= 0.3 is 5.97 Å². The highest BCUT2D eigenvalue weighted by atomic mass is 32.1. The average Bonchev–Trinajstić information content (AvgIpc) is 2.98. The first-order chi connectivity index (χ1) is 11.6. The standard InChI is InChI=1S/C18H16N2O3S/c1-13-2-7-16(24-13)8-9-18(22)23-12-17(21)20-15-5-3-14(4-6-15)10-11-19/h2-9H,10,12H2,1H3,(H,20,21)/b9-8+. The van der Waals surface area contributed by atoms with E-state index in [9.17, 15) is 9.59 Å². The van der Waals surface area contributed by atoms with Crippen LogP contribution in [0.4, 0.5) is 5.69 Å². The molecule has 2 rings (SSSR count). The number of ether oxygens (including phenoxy) is 1. The number of hydrogen-bond donors (Lipinski definition) is 1. The van der Waals surface area contributed by atoms with Gasteiger partial charge in [0.05, 0.1) is 12.5 Å². The van der Waals surface area contributed by atoms with Crippen molar-refractivity contribution in [2.75, 3.05) is 11.9 Å². The summed E-state index contributed by atoms with van der Waals surface area (Å²) in [7, 11) is 0. The van der Waals surface area contributed by atoms with Crippen molar-refractivity contribution in [1.29, 1.82) is 5.26 Å². The Balaban J connectivity index is 1.77. The number of benzene rings is 1. The third-order valence-electron chi connectivity index (χ3n) is 3.01. The van der Waals surface area contributed by atoms with Gasteiger partial charge in [-0.05, 0) is 42.8 Å². The largest absolute Gasteiger partial charge is 0.452 e. The summed E-state index contributed by atoms with van der Waals surface area (Å²) < 4.78 is 4.89. The zero-order valence-electron chi connectivity index (χ0n) is 13.1. The summed E-state index contributed by atoms with van der Waals surface area (Å²) in [5.41, 5.74) is 1.46. The van der Waals surface area contributed by atoms with E-state index in [1.54, 1.807) is 41.7 Å². The number of carbonyl (C=O) groups excluding carboxylic acids is 2. The van der Waals surface area contributed by atoms with Crippen LogP contribution in [0.1, 0.15) is 15.3 Å². The molecular formula is C18H16N2O3S. The Bertz CT molecular complexity index is 785. The molecule has 6 heteroatoms. The highest BCUT2D eigenvalue weighted by Gasteiger charge is 2.06. The molecule has 0 atom stereocenters. The Morgan fingerprint density at radius 1 is 1.25 bits per heavy atom. The minimum absolute atomic E-state index is 0.321. The lowest BCUT2D eigenvalue weighted by Gasteiger charge is -2.05. The topological polar surface area (TPSA) is 79.2 Å². The number of nitrogens with zero attached hydrogens (tertiary/aromatic N) is 1. The van der Waals surface area contributed by atoms with Gasteiger partial charge in [-0.25, -0.2) is 4.79 Å². The van der Waals surface area contributed by atoms with Crippen molar-refractivity contribution in [3.05, 3.63) is 57.8 Å². The van der Waals surface area contributed by atoms with E-state index in [0.29, 0.717) is 12.1 Å². The zero-order chi connectivity index (χ0) is 17.4. The number of hydrogen-bond acceptors (Lipinski definition) is 5. The Morgan fingerprint density at radius 2 is 2.00 bits per heavy atom. The van der Waals surface area contributed by atoms with E-state index in [0.717, 1.165) is 15.3 Å².